The molecule has 0 bridgehead atoms. The number of hydrogen-bond donors (Lipinski definition) is 3. The van der Waals surface area contributed by atoms with E-state index in [0.717, 1.165) is 11.3 Å². The zero-order valence-electron chi connectivity index (χ0n) is 13.9. The first-order chi connectivity index (χ1) is 11.5. The molecule has 0 aliphatic heterocycles. The average molecular weight is 329 g/mol. The monoisotopic (exact) mass is 329 g/mol. The van der Waals surface area contributed by atoms with Crippen molar-refractivity contribution in [2.45, 2.75) is 26.4 Å². The molecule has 2 amide bonds. The molecule has 24 heavy (non-hydrogen) atoms. The highest BCUT2D eigenvalue weighted by Gasteiger charge is 2.17. The van der Waals surface area contributed by atoms with Crippen molar-refractivity contribution < 1.29 is 9.59 Å². The zero-order chi connectivity index (χ0) is 17.5. The van der Waals surface area contributed by atoms with Gasteiger partial charge in [0.1, 0.15) is 0 Å². The molecule has 0 radical (unpaired) electrons. The Kier molecular flexibility index (Phi) is 6.08. The van der Waals surface area contributed by atoms with Crippen molar-refractivity contribution in [2.75, 3.05) is 6.54 Å². The van der Waals surface area contributed by atoms with E-state index in [0.29, 0.717) is 6.54 Å². The second kappa shape index (κ2) is 8.26. The van der Waals surface area contributed by atoms with E-state index in [2.05, 4.69) is 15.7 Å². The van der Waals surface area contributed by atoms with Gasteiger partial charge in [-0.1, -0.05) is 26.0 Å². The van der Waals surface area contributed by atoms with Crippen molar-refractivity contribution in [3.8, 4) is 5.69 Å². The van der Waals surface area contributed by atoms with E-state index in [4.69, 9.17) is 5.73 Å². The molecule has 1 aromatic carbocycles. The lowest BCUT2D eigenvalue weighted by Gasteiger charge is -2.15. The fraction of sp³-hybridized carbons (Fsp3) is 0.353. The van der Waals surface area contributed by atoms with Gasteiger partial charge in [-0.25, -0.2) is 4.68 Å². The van der Waals surface area contributed by atoms with Crippen LogP contribution in [0.15, 0.2) is 42.7 Å². The van der Waals surface area contributed by atoms with Crippen molar-refractivity contribution in [3.63, 3.8) is 0 Å². The van der Waals surface area contributed by atoms with E-state index in [1.54, 1.807) is 10.9 Å². The van der Waals surface area contributed by atoms with Crippen LogP contribution in [0.4, 0.5) is 0 Å². The Morgan fingerprint density at radius 2 is 1.92 bits per heavy atom. The highest BCUT2D eigenvalue weighted by molar-refractivity contribution is 5.87. The first-order valence-corrected chi connectivity index (χ1v) is 7.86. The number of hydrogen-bond acceptors (Lipinski definition) is 4. The second-order valence-corrected chi connectivity index (χ2v) is 5.88. The molecule has 128 valence electrons. The van der Waals surface area contributed by atoms with E-state index in [1.165, 1.54) is 0 Å². The fourth-order valence-corrected chi connectivity index (χ4v) is 2.04. The molecule has 1 heterocycles. The molecule has 0 aliphatic carbocycles. The molecule has 7 heteroatoms. The number of nitrogens with two attached hydrogens (primary N) is 1. The van der Waals surface area contributed by atoms with Crippen molar-refractivity contribution in [1.29, 1.82) is 0 Å². The largest absolute Gasteiger partial charge is 0.350 e. The topological polar surface area (TPSA) is 102 Å². The molecule has 2 rings (SSSR count). The summed E-state index contributed by atoms with van der Waals surface area (Å²) in [4.78, 5) is 23.5. The van der Waals surface area contributed by atoms with Gasteiger partial charge in [0.2, 0.25) is 11.8 Å². The first kappa shape index (κ1) is 17.7. The van der Waals surface area contributed by atoms with Crippen LogP contribution in [0.3, 0.4) is 0 Å². The molecule has 7 nitrogen and oxygen atoms in total. The van der Waals surface area contributed by atoms with Gasteiger partial charge in [0.05, 0.1) is 18.3 Å². The van der Waals surface area contributed by atoms with Crippen molar-refractivity contribution in [2.24, 2.45) is 11.7 Å². The molecule has 0 spiro atoms. The number of carbonyl (C=O) groups is 2. The highest BCUT2D eigenvalue weighted by atomic mass is 16.2. The standard InChI is InChI=1S/C17H23N5O2/c1-12(2)16(18)17(24)20-11-15(23)19-10-13-4-6-14(7-5-13)22-9-3-8-21-22/h3-9,12,16H,10-11,18H2,1-2H3,(H,19,23)(H,20,24)/t16-/m0/s1. The number of nitrogens with one attached hydrogen (secondary N) is 2. The average Bonchev–Trinajstić information content (AvgIpc) is 3.12. The summed E-state index contributed by atoms with van der Waals surface area (Å²) in [6, 6.07) is 8.95. The van der Waals surface area contributed by atoms with Gasteiger partial charge in [-0.15, -0.1) is 0 Å². The highest BCUT2D eigenvalue weighted by Crippen LogP contribution is 2.08. The first-order valence-electron chi connectivity index (χ1n) is 7.86. The minimum Gasteiger partial charge on any atom is -0.350 e. The molecule has 4 N–H and O–H groups in total. The number of nitrogens with zero attached hydrogens (tertiary/aromatic N) is 2. The maximum atomic E-state index is 11.8. The minimum absolute atomic E-state index is 0.0290. The predicted octanol–water partition coefficient (Wildman–Crippen LogP) is 0.588. The summed E-state index contributed by atoms with van der Waals surface area (Å²) in [7, 11) is 0. The van der Waals surface area contributed by atoms with Gasteiger partial charge in [0.15, 0.2) is 0 Å². The lowest BCUT2D eigenvalue weighted by Crippen LogP contribution is -2.47. The molecule has 0 fully saturated rings. The Morgan fingerprint density at radius 1 is 1.21 bits per heavy atom. The van der Waals surface area contributed by atoms with E-state index in [-0.39, 0.29) is 24.3 Å². The zero-order valence-corrected chi connectivity index (χ0v) is 13.9. The minimum atomic E-state index is -0.604. The molecular formula is C17H23N5O2. The Bertz CT molecular complexity index is 665. The van der Waals surface area contributed by atoms with Crippen LogP contribution in [-0.2, 0) is 16.1 Å². The normalized spacial score (nSPS) is 12.0. The summed E-state index contributed by atoms with van der Waals surface area (Å²) in [5, 5.41) is 9.45. The van der Waals surface area contributed by atoms with E-state index in [9.17, 15) is 9.59 Å². The van der Waals surface area contributed by atoms with E-state index < -0.39 is 6.04 Å². The Hall–Kier alpha value is -2.67. The summed E-state index contributed by atoms with van der Waals surface area (Å²) < 4.78 is 1.76. The maximum Gasteiger partial charge on any atom is 0.239 e. The third kappa shape index (κ3) is 4.92. The van der Waals surface area contributed by atoms with Gasteiger partial charge in [0, 0.05) is 18.9 Å². The lowest BCUT2D eigenvalue weighted by atomic mass is 10.1. The van der Waals surface area contributed by atoms with Gasteiger partial charge in [-0.2, -0.15) is 5.10 Å². The van der Waals surface area contributed by atoms with Gasteiger partial charge in [-0.3, -0.25) is 9.59 Å². The van der Waals surface area contributed by atoms with Crippen molar-refractivity contribution in [3.05, 3.63) is 48.3 Å². The maximum absolute atomic E-state index is 11.8. The predicted molar refractivity (Wildman–Crippen MR) is 91.2 cm³/mol. The van der Waals surface area contributed by atoms with Crippen LogP contribution in [0.25, 0.3) is 5.69 Å². The fourth-order valence-electron chi connectivity index (χ4n) is 2.04. The smallest absolute Gasteiger partial charge is 0.239 e. The van der Waals surface area contributed by atoms with E-state index in [1.807, 2.05) is 50.4 Å². The van der Waals surface area contributed by atoms with Crippen LogP contribution in [0.2, 0.25) is 0 Å². The summed E-state index contributed by atoms with van der Waals surface area (Å²) in [5.74, 6) is -0.541. The Labute approximate surface area is 141 Å². The van der Waals surface area contributed by atoms with Crippen LogP contribution >= 0.6 is 0 Å². The SMILES string of the molecule is CC(C)[C@H](N)C(=O)NCC(=O)NCc1ccc(-n2cccn2)cc1. The van der Waals surface area contributed by atoms with Gasteiger partial charge >= 0.3 is 0 Å². The van der Waals surface area contributed by atoms with Gasteiger partial charge in [0.25, 0.3) is 0 Å². The van der Waals surface area contributed by atoms with Crippen LogP contribution in [0.1, 0.15) is 19.4 Å². The molecule has 0 saturated carbocycles. The Morgan fingerprint density at radius 3 is 2.50 bits per heavy atom. The van der Waals surface area contributed by atoms with Crippen LogP contribution < -0.4 is 16.4 Å². The summed E-state index contributed by atoms with van der Waals surface area (Å²) in [6.07, 6.45) is 3.58. The molecule has 2 aromatic rings. The molecule has 1 atom stereocenters. The Balaban J connectivity index is 1.77. The third-order valence-electron chi connectivity index (χ3n) is 3.64. The van der Waals surface area contributed by atoms with Crippen molar-refractivity contribution in [1.82, 2.24) is 20.4 Å². The molecule has 0 saturated heterocycles. The molecule has 0 unspecified atom stereocenters. The molecule has 0 aliphatic rings. The second-order valence-electron chi connectivity index (χ2n) is 5.88. The molecule has 1 aromatic heterocycles. The number of amides is 2. The quantitative estimate of drug-likeness (QED) is 0.692. The number of rotatable bonds is 7. The molecular weight excluding hydrogens is 306 g/mol. The third-order valence-corrected chi connectivity index (χ3v) is 3.64. The summed E-state index contributed by atoms with van der Waals surface area (Å²) in [5.41, 5.74) is 7.63. The number of aromatic nitrogens is 2. The van der Waals surface area contributed by atoms with E-state index >= 15 is 0 Å². The lowest BCUT2D eigenvalue weighted by molar-refractivity contribution is -0.127. The number of benzene rings is 1. The van der Waals surface area contributed by atoms with Crippen LogP contribution in [0.5, 0.6) is 0 Å². The van der Waals surface area contributed by atoms with Crippen LogP contribution in [0, 0.1) is 5.92 Å². The number of carbonyl (C=O) groups excluding carboxylic acids is 2. The summed E-state index contributed by atoms with van der Waals surface area (Å²) >= 11 is 0. The van der Waals surface area contributed by atoms with Gasteiger partial charge < -0.3 is 16.4 Å². The van der Waals surface area contributed by atoms with Gasteiger partial charge in [-0.05, 0) is 29.7 Å². The summed E-state index contributed by atoms with van der Waals surface area (Å²) in [6.45, 7) is 4.03. The van der Waals surface area contributed by atoms with Crippen LogP contribution in [-0.4, -0.2) is 34.2 Å². The van der Waals surface area contributed by atoms with Crippen molar-refractivity contribution >= 4 is 11.8 Å².